The van der Waals surface area contributed by atoms with Gasteiger partial charge in [0.1, 0.15) is 22.8 Å². The number of nitrogens with two attached hydrogens (primary N) is 1. The number of benzene rings is 1. The van der Waals surface area contributed by atoms with Crippen molar-refractivity contribution in [2.45, 2.75) is 51.2 Å². The lowest BCUT2D eigenvalue weighted by atomic mass is 9.57. The van der Waals surface area contributed by atoms with E-state index < -0.39 is 58.0 Å². The average molecular weight is 543 g/mol. The Balaban J connectivity index is 1.79. The summed E-state index contributed by atoms with van der Waals surface area (Å²) in [6.07, 6.45) is 0.496. The molecular weight excluding hydrogens is 508 g/mol. The monoisotopic (exact) mass is 542 g/mol. The molecule has 210 valence electrons. The molecular formula is C28H34N2O9. The number of ether oxygens (including phenoxy) is 1. The second kappa shape index (κ2) is 10.1. The highest BCUT2D eigenvalue weighted by Crippen LogP contribution is 2.53. The highest BCUT2D eigenvalue weighted by molar-refractivity contribution is 6.24. The summed E-state index contributed by atoms with van der Waals surface area (Å²) in [6.45, 7) is 4.14. The van der Waals surface area contributed by atoms with Gasteiger partial charge in [-0.15, -0.1) is 0 Å². The topological polar surface area (TPSA) is 188 Å². The van der Waals surface area contributed by atoms with Crippen LogP contribution in [0, 0.1) is 17.8 Å². The Bertz CT molecular complexity index is 1330. The Labute approximate surface area is 225 Å². The molecule has 4 atom stereocenters. The van der Waals surface area contributed by atoms with Gasteiger partial charge in [-0.25, -0.2) is 0 Å². The predicted octanol–water partition coefficient (Wildman–Crippen LogP) is 1.10. The van der Waals surface area contributed by atoms with Gasteiger partial charge in [0, 0.05) is 17.9 Å². The van der Waals surface area contributed by atoms with Crippen LogP contribution >= 0.6 is 0 Å². The number of aryl methyl sites for hydroxylation is 1. The SMILES string of the molecule is CC(C)COC(=O)CCc1ccc(O)c2c1C[C@H]1C[C@H]3[C@H](N(C)C)C(=O)C(C(N)=O)=C(O)[C@@]3(O)C(=O)C1=C2O. The molecule has 0 unspecified atom stereocenters. The number of carbonyl (C=O) groups excluding carboxylic acids is 4. The number of esters is 1. The Morgan fingerprint density at radius 2 is 1.85 bits per heavy atom. The molecule has 1 aromatic carbocycles. The summed E-state index contributed by atoms with van der Waals surface area (Å²) in [4.78, 5) is 52.7. The lowest BCUT2D eigenvalue weighted by molar-refractivity contribution is -0.153. The molecule has 0 spiro atoms. The van der Waals surface area contributed by atoms with Gasteiger partial charge in [-0.3, -0.25) is 24.1 Å². The van der Waals surface area contributed by atoms with Crippen molar-refractivity contribution in [2.75, 3.05) is 20.7 Å². The molecule has 0 aliphatic heterocycles. The fourth-order valence-electron chi connectivity index (χ4n) is 6.11. The Morgan fingerprint density at radius 3 is 2.44 bits per heavy atom. The van der Waals surface area contributed by atoms with Crippen molar-refractivity contribution >= 4 is 29.2 Å². The molecule has 1 fully saturated rings. The number of Topliss-reactive ketones (excluding diaryl/α,β-unsaturated/α-hetero) is 2. The van der Waals surface area contributed by atoms with Crippen LogP contribution in [-0.4, -0.2) is 81.1 Å². The summed E-state index contributed by atoms with van der Waals surface area (Å²) in [6, 6.07) is 1.84. The summed E-state index contributed by atoms with van der Waals surface area (Å²) in [7, 11) is 3.09. The lowest BCUT2D eigenvalue weighted by Crippen LogP contribution is -2.65. The maximum absolute atomic E-state index is 13.8. The first-order valence-electron chi connectivity index (χ1n) is 12.9. The number of rotatable bonds is 7. The van der Waals surface area contributed by atoms with Crippen LogP contribution in [0.5, 0.6) is 5.75 Å². The molecule has 0 bridgehead atoms. The first kappa shape index (κ1) is 28.3. The van der Waals surface area contributed by atoms with E-state index in [9.17, 15) is 39.6 Å². The number of phenolic OH excluding ortho intramolecular Hbond substituents is 1. The number of aliphatic hydroxyl groups excluding tert-OH is 2. The smallest absolute Gasteiger partial charge is 0.306 e. The molecule has 3 aliphatic rings. The van der Waals surface area contributed by atoms with Gasteiger partial charge >= 0.3 is 5.97 Å². The first-order valence-corrected chi connectivity index (χ1v) is 12.9. The van der Waals surface area contributed by atoms with Gasteiger partial charge in [0.05, 0.1) is 18.2 Å². The third-order valence-corrected chi connectivity index (χ3v) is 7.88. The molecule has 11 heteroatoms. The highest BCUT2D eigenvalue weighted by Gasteiger charge is 2.64. The van der Waals surface area contributed by atoms with Gasteiger partial charge in [0.25, 0.3) is 5.91 Å². The second-order valence-corrected chi connectivity index (χ2v) is 11.1. The summed E-state index contributed by atoms with van der Waals surface area (Å²) in [5.74, 6) is -7.18. The zero-order chi connectivity index (χ0) is 29.0. The van der Waals surface area contributed by atoms with Crippen molar-refractivity contribution < 1.29 is 44.3 Å². The number of phenols is 1. The van der Waals surface area contributed by atoms with Crippen LogP contribution in [0.2, 0.25) is 0 Å². The van der Waals surface area contributed by atoms with Gasteiger partial charge in [0.2, 0.25) is 5.78 Å². The summed E-state index contributed by atoms with van der Waals surface area (Å²) in [5, 5.41) is 44.4. The Morgan fingerprint density at radius 1 is 1.18 bits per heavy atom. The molecule has 0 aromatic heterocycles. The van der Waals surface area contributed by atoms with Crippen LogP contribution in [0.4, 0.5) is 0 Å². The fraction of sp³-hybridized carbons (Fsp3) is 0.500. The normalized spacial score (nSPS) is 26.5. The van der Waals surface area contributed by atoms with Crippen molar-refractivity contribution in [3.63, 3.8) is 0 Å². The summed E-state index contributed by atoms with van der Waals surface area (Å²) >= 11 is 0. The van der Waals surface area contributed by atoms with Gasteiger partial charge in [0.15, 0.2) is 11.4 Å². The van der Waals surface area contributed by atoms with Crippen LogP contribution in [0.1, 0.15) is 43.4 Å². The molecule has 6 N–H and O–H groups in total. The molecule has 0 heterocycles. The number of likely N-dealkylation sites (N-methyl/N-ethyl adjacent to an activating group) is 1. The number of hydrogen-bond donors (Lipinski definition) is 5. The van der Waals surface area contributed by atoms with E-state index in [1.807, 2.05) is 13.8 Å². The fourth-order valence-corrected chi connectivity index (χ4v) is 6.11. The van der Waals surface area contributed by atoms with Crippen molar-refractivity contribution in [3.8, 4) is 5.75 Å². The number of nitrogens with zero attached hydrogens (tertiary/aromatic N) is 1. The summed E-state index contributed by atoms with van der Waals surface area (Å²) in [5.41, 5.74) is 2.79. The Hall–Kier alpha value is -3.70. The van der Waals surface area contributed by atoms with Crippen molar-refractivity contribution in [1.82, 2.24) is 4.90 Å². The van der Waals surface area contributed by atoms with E-state index in [0.717, 1.165) is 0 Å². The third-order valence-electron chi connectivity index (χ3n) is 7.88. The van der Waals surface area contributed by atoms with Gasteiger partial charge in [-0.05, 0) is 62.4 Å². The van der Waals surface area contributed by atoms with E-state index in [-0.39, 0.29) is 54.5 Å². The number of primary amides is 1. The van der Waals surface area contributed by atoms with Gasteiger partial charge in [-0.1, -0.05) is 19.9 Å². The van der Waals surface area contributed by atoms with Gasteiger partial charge < -0.3 is 30.9 Å². The molecule has 39 heavy (non-hydrogen) atoms. The van der Waals surface area contributed by atoms with Crippen LogP contribution in [0.25, 0.3) is 5.76 Å². The minimum Gasteiger partial charge on any atom is -0.508 e. The van der Waals surface area contributed by atoms with Crippen molar-refractivity contribution in [1.29, 1.82) is 0 Å². The predicted molar refractivity (Wildman–Crippen MR) is 138 cm³/mol. The van der Waals surface area contributed by atoms with E-state index >= 15 is 0 Å². The number of aliphatic hydroxyl groups is 3. The maximum atomic E-state index is 13.8. The lowest BCUT2D eigenvalue weighted by Gasteiger charge is -2.50. The largest absolute Gasteiger partial charge is 0.508 e. The van der Waals surface area contributed by atoms with Crippen LogP contribution < -0.4 is 5.73 Å². The zero-order valence-electron chi connectivity index (χ0n) is 22.4. The van der Waals surface area contributed by atoms with E-state index in [2.05, 4.69) is 0 Å². The van der Waals surface area contributed by atoms with E-state index in [1.54, 1.807) is 20.2 Å². The van der Waals surface area contributed by atoms with E-state index in [4.69, 9.17) is 10.5 Å². The number of ketones is 2. The molecule has 1 aromatic rings. The van der Waals surface area contributed by atoms with Crippen LogP contribution in [0.3, 0.4) is 0 Å². The quantitative estimate of drug-likeness (QED) is 0.246. The third kappa shape index (κ3) is 4.49. The van der Waals surface area contributed by atoms with Crippen LogP contribution in [-0.2, 0) is 36.8 Å². The number of carbonyl (C=O) groups is 4. The Kier molecular flexibility index (Phi) is 7.35. The summed E-state index contributed by atoms with van der Waals surface area (Å²) < 4.78 is 5.25. The first-order chi connectivity index (χ1) is 18.2. The number of amides is 1. The molecule has 4 rings (SSSR count). The molecule has 11 nitrogen and oxygen atoms in total. The van der Waals surface area contributed by atoms with Gasteiger partial charge in [-0.2, -0.15) is 0 Å². The maximum Gasteiger partial charge on any atom is 0.306 e. The highest BCUT2D eigenvalue weighted by atomic mass is 16.5. The molecule has 0 radical (unpaired) electrons. The standard InChI is InChI=1S/C28H34N2O9/c1-12(2)11-39-18(32)8-6-13-5-7-17(31)20-15(13)9-14-10-16-22(30(3)4)24(34)21(27(29)37)26(36)28(16,38)25(35)19(14)23(20)33/h5,7,12,14,16,22,31,33,36,38H,6,8-11H2,1-4H3,(H2,29,37)/t14-,16-,22-,28-/m0/s1. The number of fused-ring (bicyclic) bond motifs is 3. The average Bonchev–Trinajstić information content (AvgIpc) is 2.84. The minimum atomic E-state index is -2.68. The second-order valence-electron chi connectivity index (χ2n) is 11.1. The molecule has 3 aliphatic carbocycles. The number of hydrogen-bond acceptors (Lipinski definition) is 10. The van der Waals surface area contributed by atoms with Crippen molar-refractivity contribution in [2.24, 2.45) is 23.5 Å². The van der Waals surface area contributed by atoms with Crippen molar-refractivity contribution in [3.05, 3.63) is 45.7 Å². The molecule has 1 amide bonds. The van der Waals surface area contributed by atoms with E-state index in [1.165, 1.54) is 11.0 Å². The molecule has 0 saturated heterocycles. The minimum absolute atomic E-state index is 0.000614. The van der Waals surface area contributed by atoms with Crippen LogP contribution in [0.15, 0.2) is 29.0 Å². The number of aromatic hydroxyl groups is 1. The zero-order valence-corrected chi connectivity index (χ0v) is 22.4. The molecule has 1 saturated carbocycles. The van der Waals surface area contributed by atoms with E-state index in [0.29, 0.717) is 17.7 Å².